The lowest BCUT2D eigenvalue weighted by Crippen LogP contribution is -2.02. The number of hydrogen-bond donors (Lipinski definition) is 0. The lowest BCUT2D eigenvalue weighted by atomic mass is 9.95. The first-order valence-corrected chi connectivity index (χ1v) is 41.8. The maximum absolute atomic E-state index is 5.29. The zero-order valence-corrected chi connectivity index (χ0v) is 67.9. The number of nitrogens with zero attached hydrogens (tertiary/aromatic N) is 19. The average Bonchev–Trinajstić information content (AvgIpc) is 0.733. The first-order valence-electron chi connectivity index (χ1n) is 41.8. The predicted molar refractivity (Wildman–Crippen MR) is 511 cm³/mol. The molecule has 0 aliphatic heterocycles. The Balaban J connectivity index is 0.000000107. The summed E-state index contributed by atoms with van der Waals surface area (Å²) in [5.41, 5.74) is 10.8. The zero-order valence-electron chi connectivity index (χ0n) is 67.9. The summed E-state index contributed by atoms with van der Waals surface area (Å²) in [6.45, 7) is 0. The Bertz CT molecular complexity index is 8570. The van der Waals surface area contributed by atoms with E-state index in [1.54, 1.807) is 12.4 Å². The van der Waals surface area contributed by atoms with Gasteiger partial charge in [0.2, 0.25) is 0 Å². The van der Waals surface area contributed by atoms with Crippen molar-refractivity contribution in [3.8, 4) is 102 Å². The van der Waals surface area contributed by atoms with E-state index in [0.29, 0.717) is 74.5 Å². The first-order chi connectivity index (χ1) is 63.3. The molecule has 19 aromatic carbocycles. The standard InChI is InChI=1S/2C37H21N7.C35H21N5/c1-5-13-27-22(9-1)19-23-10-2-6-14-28(23)33(27)36-38-35(26-17-18-31-32(21-26)42-44-43-41-31)39-37(40-36)34-29-15-7-3-11-24(29)20-25-12-4-8-16-30(25)34;1-3-9-24-19-31-26(17-22(24)7-1)11-5-13-29(31)36-38-35(28-15-16-33-34(21-28)42-44-43-41-33)39-37(40-36)30-14-6-12-27-18-23-8-2-4-10-25(23)20-32(27)30;1-2-4-23-18-32-19-29(6-5-24(32)15-22(23)3-1)35-39-33(27-7-9-30-20-36-13-11-25(30)16-27)38-34(40-35)28-8-10-31-21-37-14-12-26(31)17-28/h2*1-21H;1-21H. The molecule has 19 nitrogen and oxygen atoms in total. The summed E-state index contributed by atoms with van der Waals surface area (Å²) in [6.07, 6.45) is 7.34. The van der Waals surface area contributed by atoms with Crippen molar-refractivity contribution in [1.29, 1.82) is 0 Å². The van der Waals surface area contributed by atoms with Crippen LogP contribution in [0, 0.1) is 0 Å². The van der Waals surface area contributed by atoms with Crippen molar-refractivity contribution < 1.29 is 0 Å². The van der Waals surface area contributed by atoms with E-state index in [1.807, 2.05) is 73.1 Å². The lowest BCUT2D eigenvalue weighted by molar-refractivity contribution is 0.797. The van der Waals surface area contributed by atoms with Crippen molar-refractivity contribution in [1.82, 2.24) is 96.1 Å². The molecule has 19 heteroatoms. The van der Waals surface area contributed by atoms with Gasteiger partial charge in [-0.2, -0.15) is 0 Å². The highest BCUT2D eigenvalue weighted by Crippen LogP contribution is 2.43. The second kappa shape index (κ2) is 31.2. The molecule has 0 aliphatic rings. The van der Waals surface area contributed by atoms with Crippen LogP contribution in [0.3, 0.4) is 0 Å². The van der Waals surface area contributed by atoms with Gasteiger partial charge in [0.25, 0.3) is 0 Å². The van der Waals surface area contributed by atoms with E-state index >= 15 is 0 Å². The fraction of sp³-hybridized carbons (Fsp3) is 0. The third kappa shape index (κ3) is 13.7. The Kier molecular flexibility index (Phi) is 18.0. The number of rotatable bonds is 9. The SMILES string of the molecule is c1ccc2c(-c3nc(-c4ccc5nnnnc5c4)nc(-c4c5ccccc5cc5ccccc45)n3)c3ccccc3cc2c1.c1ccc2cc3c(-c4nc(-c5ccc6nnnnc6c5)nc(-c5cccc6cc7ccccc7cc56)n4)cccc3cc2c1.c1ccc2cc3cc(-c4nc(-c5ccc6cnccc6c5)nc(-c5ccc6cnccc6c5)n4)ccc3cc2c1. The fourth-order valence-corrected chi connectivity index (χ4v) is 17.5. The van der Waals surface area contributed by atoms with Crippen molar-refractivity contribution in [2.75, 3.05) is 0 Å². The van der Waals surface area contributed by atoms with Crippen LogP contribution in [-0.4, -0.2) is 96.1 Å². The van der Waals surface area contributed by atoms with Crippen LogP contribution in [0.1, 0.15) is 0 Å². The molecule has 7 heterocycles. The average molecular weight is 1640 g/mol. The Morgan fingerprint density at radius 3 is 0.812 bits per heavy atom. The number of hydrogen-bond acceptors (Lipinski definition) is 19. The largest absolute Gasteiger partial charge is 0.264 e. The summed E-state index contributed by atoms with van der Waals surface area (Å²) in [5.74, 6) is 5.40. The Morgan fingerprint density at radius 1 is 0.148 bits per heavy atom. The summed E-state index contributed by atoms with van der Waals surface area (Å²) in [7, 11) is 0. The van der Waals surface area contributed by atoms with E-state index < -0.39 is 0 Å². The Morgan fingerprint density at radius 2 is 0.406 bits per heavy atom. The highest BCUT2D eigenvalue weighted by molar-refractivity contribution is 6.15. The Labute approximate surface area is 728 Å². The van der Waals surface area contributed by atoms with Gasteiger partial charge in [-0.3, -0.25) is 9.97 Å². The molecule has 7 aromatic heterocycles. The smallest absolute Gasteiger partial charge is 0.165 e. The van der Waals surface area contributed by atoms with E-state index in [2.05, 4.69) is 348 Å². The van der Waals surface area contributed by atoms with Gasteiger partial charge in [0, 0.05) is 85.6 Å². The molecule has 0 atom stereocenters. The molecule has 26 aromatic rings. The first kappa shape index (κ1) is 73.9. The van der Waals surface area contributed by atoms with Gasteiger partial charge in [-0.05, 0) is 255 Å². The molecule has 0 amide bonds. The Hall–Kier alpha value is -18.0. The minimum absolute atomic E-state index is 0.541. The lowest BCUT2D eigenvalue weighted by Gasteiger charge is -2.15. The van der Waals surface area contributed by atoms with Crippen LogP contribution >= 0.6 is 0 Å². The molecular formula is C109H63N19. The molecule has 594 valence electrons. The summed E-state index contributed by atoms with van der Waals surface area (Å²) < 4.78 is 0. The highest BCUT2D eigenvalue weighted by atomic mass is 15.4. The molecule has 0 saturated carbocycles. The molecule has 0 radical (unpaired) electrons. The molecule has 0 fully saturated rings. The van der Waals surface area contributed by atoms with Crippen LogP contribution < -0.4 is 0 Å². The molecule has 0 unspecified atom stereocenters. The van der Waals surface area contributed by atoms with Crippen LogP contribution in [0.2, 0.25) is 0 Å². The number of aromatic nitrogens is 19. The van der Waals surface area contributed by atoms with Crippen LogP contribution in [0.25, 0.3) is 254 Å². The molecule has 0 aliphatic carbocycles. The zero-order chi connectivity index (χ0) is 84.5. The molecule has 0 spiro atoms. The molecule has 0 saturated heterocycles. The number of pyridine rings is 2. The maximum Gasteiger partial charge on any atom is 0.165 e. The summed E-state index contributed by atoms with van der Waals surface area (Å²) in [4.78, 5) is 54.3. The second-order valence-electron chi connectivity index (χ2n) is 31.6. The van der Waals surface area contributed by atoms with Crippen molar-refractivity contribution in [2.24, 2.45) is 0 Å². The second-order valence-corrected chi connectivity index (χ2v) is 31.6. The molecule has 128 heavy (non-hydrogen) atoms. The quantitative estimate of drug-likeness (QED) is 0.122. The van der Waals surface area contributed by atoms with Crippen LogP contribution in [-0.2, 0) is 0 Å². The van der Waals surface area contributed by atoms with E-state index in [4.69, 9.17) is 44.9 Å². The van der Waals surface area contributed by atoms with E-state index in [-0.39, 0.29) is 0 Å². The topological polar surface area (TPSA) is 245 Å². The summed E-state index contributed by atoms with van der Waals surface area (Å²) >= 11 is 0. The van der Waals surface area contributed by atoms with Gasteiger partial charge in [-0.15, -0.1) is 20.4 Å². The van der Waals surface area contributed by atoms with Crippen LogP contribution in [0.15, 0.2) is 383 Å². The van der Waals surface area contributed by atoms with Gasteiger partial charge in [0.15, 0.2) is 52.4 Å². The summed E-state index contributed by atoms with van der Waals surface area (Å²) in [5, 5.41) is 58.4. The van der Waals surface area contributed by atoms with Crippen molar-refractivity contribution in [2.45, 2.75) is 0 Å². The van der Waals surface area contributed by atoms with Crippen molar-refractivity contribution in [3.05, 3.63) is 383 Å². The number of fused-ring (bicyclic) bond motifs is 14. The minimum Gasteiger partial charge on any atom is -0.264 e. The normalized spacial score (nSPS) is 11.6. The third-order valence-corrected chi connectivity index (χ3v) is 23.8. The van der Waals surface area contributed by atoms with E-state index in [0.717, 1.165) is 152 Å². The molecular weight excluding hydrogens is 1580 g/mol. The van der Waals surface area contributed by atoms with E-state index in [9.17, 15) is 0 Å². The van der Waals surface area contributed by atoms with Crippen molar-refractivity contribution >= 4 is 151 Å². The van der Waals surface area contributed by atoms with Crippen LogP contribution in [0.5, 0.6) is 0 Å². The van der Waals surface area contributed by atoms with Gasteiger partial charge >= 0.3 is 0 Å². The van der Waals surface area contributed by atoms with E-state index in [1.165, 1.54) is 26.9 Å². The minimum atomic E-state index is 0.541. The maximum atomic E-state index is 5.29. The van der Waals surface area contributed by atoms with Gasteiger partial charge < -0.3 is 0 Å². The molecule has 0 N–H and O–H groups in total. The van der Waals surface area contributed by atoms with Gasteiger partial charge in [0.05, 0.1) is 0 Å². The van der Waals surface area contributed by atoms with Gasteiger partial charge in [-0.25, -0.2) is 44.9 Å². The fourth-order valence-electron chi connectivity index (χ4n) is 17.5. The summed E-state index contributed by atoms with van der Waals surface area (Å²) in [6, 6.07) is 123. The number of benzene rings is 19. The molecule has 26 rings (SSSR count). The highest BCUT2D eigenvalue weighted by Gasteiger charge is 2.24. The van der Waals surface area contributed by atoms with Crippen molar-refractivity contribution in [3.63, 3.8) is 0 Å². The third-order valence-electron chi connectivity index (χ3n) is 23.8. The van der Waals surface area contributed by atoms with Crippen LogP contribution in [0.4, 0.5) is 0 Å². The van der Waals surface area contributed by atoms with Gasteiger partial charge in [-0.1, -0.05) is 243 Å². The predicted octanol–water partition coefficient (Wildman–Crippen LogP) is 24.7. The molecule has 0 bridgehead atoms. The monoisotopic (exact) mass is 1640 g/mol. The van der Waals surface area contributed by atoms with Gasteiger partial charge in [0.1, 0.15) is 22.1 Å².